The van der Waals surface area contributed by atoms with Crippen LogP contribution in [0, 0.1) is 16.7 Å². The predicted molar refractivity (Wildman–Crippen MR) is 78.7 cm³/mol. The Morgan fingerprint density at radius 3 is 2.63 bits per heavy atom. The maximum atomic E-state index is 12.1. The minimum Gasteiger partial charge on any atom is -0.352 e. The van der Waals surface area contributed by atoms with E-state index in [9.17, 15) is 4.79 Å². The van der Waals surface area contributed by atoms with Crippen LogP contribution < -0.4 is 11.1 Å². The fourth-order valence-corrected chi connectivity index (χ4v) is 4.48. The van der Waals surface area contributed by atoms with E-state index < -0.39 is 0 Å². The van der Waals surface area contributed by atoms with Gasteiger partial charge in [0.25, 0.3) is 0 Å². The Morgan fingerprint density at radius 1 is 1.42 bits per heavy atom. The van der Waals surface area contributed by atoms with Crippen LogP contribution >= 0.6 is 0 Å². The molecule has 0 saturated heterocycles. The van der Waals surface area contributed by atoms with E-state index in [2.05, 4.69) is 26.1 Å². The van der Waals surface area contributed by atoms with Crippen LogP contribution in [-0.4, -0.2) is 18.0 Å². The lowest BCUT2D eigenvalue weighted by atomic mass is 9.68. The molecule has 3 N–H and O–H groups in total. The van der Waals surface area contributed by atoms with Gasteiger partial charge in [-0.3, -0.25) is 4.79 Å². The first-order valence-corrected chi connectivity index (χ1v) is 7.80. The van der Waals surface area contributed by atoms with E-state index in [-0.39, 0.29) is 17.4 Å². The number of nitrogens with two attached hydrogens (primary N) is 1. The van der Waals surface area contributed by atoms with Gasteiger partial charge in [-0.25, -0.2) is 0 Å². The quantitative estimate of drug-likeness (QED) is 0.804. The standard InChI is InChI=1S/C16H30N2O/c1-11(17)6-5-7-13(19)18-14-15(2,3)12-8-9-16(14,4)10-12/h11-12,14H,5-10,17H2,1-4H3,(H,18,19). The number of hydrogen-bond donors (Lipinski definition) is 2. The molecule has 4 atom stereocenters. The lowest BCUT2D eigenvalue weighted by molar-refractivity contribution is -0.124. The Balaban J connectivity index is 1.90. The van der Waals surface area contributed by atoms with Crippen LogP contribution in [0.3, 0.4) is 0 Å². The van der Waals surface area contributed by atoms with Crippen LogP contribution in [0.4, 0.5) is 0 Å². The fraction of sp³-hybridized carbons (Fsp3) is 0.938. The SMILES string of the molecule is CC(N)CCCC(=O)NC1C2(C)CCC(C2)C1(C)C. The van der Waals surface area contributed by atoms with Gasteiger partial charge in [-0.05, 0) is 55.8 Å². The summed E-state index contributed by atoms with van der Waals surface area (Å²) in [7, 11) is 0. The van der Waals surface area contributed by atoms with Crippen LogP contribution in [0.1, 0.15) is 66.2 Å². The molecule has 0 aliphatic heterocycles. The van der Waals surface area contributed by atoms with Crippen LogP contribution in [0.15, 0.2) is 0 Å². The summed E-state index contributed by atoms with van der Waals surface area (Å²) in [5, 5.41) is 3.34. The van der Waals surface area contributed by atoms with E-state index >= 15 is 0 Å². The van der Waals surface area contributed by atoms with Gasteiger partial charge in [0, 0.05) is 18.5 Å². The zero-order chi connectivity index (χ0) is 14.3. The zero-order valence-corrected chi connectivity index (χ0v) is 13.0. The summed E-state index contributed by atoms with van der Waals surface area (Å²) in [6.45, 7) is 9.01. The Bertz CT molecular complexity index is 346. The highest BCUT2D eigenvalue weighted by Gasteiger charge is 2.59. The average molecular weight is 266 g/mol. The summed E-state index contributed by atoms with van der Waals surface area (Å²) in [6.07, 6.45) is 6.34. The summed E-state index contributed by atoms with van der Waals surface area (Å²) < 4.78 is 0. The number of hydrogen-bond acceptors (Lipinski definition) is 2. The van der Waals surface area contributed by atoms with Crippen molar-refractivity contribution in [3.8, 4) is 0 Å². The summed E-state index contributed by atoms with van der Waals surface area (Å²) >= 11 is 0. The van der Waals surface area contributed by atoms with Gasteiger partial charge in [0.05, 0.1) is 0 Å². The van der Waals surface area contributed by atoms with E-state index in [1.165, 1.54) is 19.3 Å². The van der Waals surface area contributed by atoms with Gasteiger partial charge in [-0.15, -0.1) is 0 Å². The zero-order valence-electron chi connectivity index (χ0n) is 13.0. The number of nitrogens with one attached hydrogen (secondary N) is 1. The van der Waals surface area contributed by atoms with Crippen molar-refractivity contribution in [3.63, 3.8) is 0 Å². The molecule has 4 unspecified atom stereocenters. The molecule has 0 aromatic carbocycles. The molecule has 2 rings (SSSR count). The molecular formula is C16H30N2O. The molecule has 3 heteroatoms. The molecule has 2 bridgehead atoms. The minimum atomic E-state index is 0.198. The fourth-order valence-electron chi connectivity index (χ4n) is 4.48. The van der Waals surface area contributed by atoms with Gasteiger partial charge in [-0.1, -0.05) is 20.8 Å². The number of rotatable bonds is 5. The molecule has 1 amide bonds. The third-order valence-corrected chi connectivity index (χ3v) is 5.64. The van der Waals surface area contributed by atoms with E-state index in [0.717, 1.165) is 18.8 Å². The molecule has 0 aromatic rings. The van der Waals surface area contributed by atoms with E-state index in [0.29, 0.717) is 17.9 Å². The van der Waals surface area contributed by atoms with Crippen molar-refractivity contribution in [1.82, 2.24) is 5.32 Å². The normalized spacial score (nSPS) is 37.3. The van der Waals surface area contributed by atoms with Crippen molar-refractivity contribution in [3.05, 3.63) is 0 Å². The van der Waals surface area contributed by atoms with E-state index in [1.54, 1.807) is 0 Å². The molecule has 110 valence electrons. The van der Waals surface area contributed by atoms with Crippen molar-refractivity contribution < 1.29 is 4.79 Å². The highest BCUT2D eigenvalue weighted by Crippen LogP contribution is 2.62. The highest BCUT2D eigenvalue weighted by atomic mass is 16.1. The lowest BCUT2D eigenvalue weighted by Gasteiger charge is -2.43. The van der Waals surface area contributed by atoms with Crippen molar-refractivity contribution in [1.29, 1.82) is 0 Å². The maximum Gasteiger partial charge on any atom is 0.220 e. The number of carbonyl (C=O) groups excluding carboxylic acids is 1. The third kappa shape index (κ3) is 2.81. The first-order chi connectivity index (χ1) is 8.75. The topological polar surface area (TPSA) is 55.1 Å². The summed E-state index contributed by atoms with van der Waals surface area (Å²) in [6, 6.07) is 0.547. The van der Waals surface area contributed by atoms with Gasteiger partial charge in [0.1, 0.15) is 0 Å². The van der Waals surface area contributed by atoms with Crippen LogP contribution in [-0.2, 0) is 4.79 Å². The molecule has 0 heterocycles. The second-order valence-electron chi connectivity index (χ2n) is 7.79. The molecule has 0 radical (unpaired) electrons. The molecule has 3 nitrogen and oxygen atoms in total. The Kier molecular flexibility index (Phi) is 3.97. The molecular weight excluding hydrogens is 236 g/mol. The molecule has 0 aromatic heterocycles. The first-order valence-electron chi connectivity index (χ1n) is 7.80. The largest absolute Gasteiger partial charge is 0.352 e. The molecule has 2 aliphatic carbocycles. The van der Waals surface area contributed by atoms with E-state index in [4.69, 9.17) is 5.73 Å². The third-order valence-electron chi connectivity index (χ3n) is 5.64. The second kappa shape index (κ2) is 5.08. The first kappa shape index (κ1) is 14.8. The molecule has 19 heavy (non-hydrogen) atoms. The molecule has 2 saturated carbocycles. The lowest BCUT2D eigenvalue weighted by Crippen LogP contribution is -2.52. The minimum absolute atomic E-state index is 0.198. The maximum absolute atomic E-state index is 12.1. The Labute approximate surface area is 117 Å². The van der Waals surface area contributed by atoms with Gasteiger partial charge >= 0.3 is 0 Å². The highest BCUT2D eigenvalue weighted by molar-refractivity contribution is 5.76. The van der Waals surface area contributed by atoms with Crippen molar-refractivity contribution in [2.24, 2.45) is 22.5 Å². The van der Waals surface area contributed by atoms with E-state index in [1.807, 2.05) is 6.92 Å². The van der Waals surface area contributed by atoms with Gasteiger partial charge in [-0.2, -0.15) is 0 Å². The summed E-state index contributed by atoms with van der Waals surface area (Å²) in [5.74, 6) is 0.999. The number of fused-ring (bicyclic) bond motifs is 2. The van der Waals surface area contributed by atoms with Gasteiger partial charge in [0.15, 0.2) is 0 Å². The average Bonchev–Trinajstić information content (AvgIpc) is 2.75. The molecule has 2 fully saturated rings. The molecule has 2 aliphatic rings. The van der Waals surface area contributed by atoms with Crippen LogP contribution in [0.2, 0.25) is 0 Å². The van der Waals surface area contributed by atoms with Crippen LogP contribution in [0.25, 0.3) is 0 Å². The Morgan fingerprint density at radius 2 is 2.11 bits per heavy atom. The van der Waals surface area contributed by atoms with Crippen molar-refractivity contribution >= 4 is 5.91 Å². The predicted octanol–water partition coefficient (Wildman–Crippen LogP) is 2.83. The summed E-state index contributed by atoms with van der Waals surface area (Å²) in [5.41, 5.74) is 6.30. The summed E-state index contributed by atoms with van der Waals surface area (Å²) in [4.78, 5) is 12.1. The van der Waals surface area contributed by atoms with Crippen LogP contribution in [0.5, 0.6) is 0 Å². The van der Waals surface area contributed by atoms with Crippen molar-refractivity contribution in [2.75, 3.05) is 0 Å². The molecule has 0 spiro atoms. The monoisotopic (exact) mass is 266 g/mol. The Hall–Kier alpha value is -0.570. The number of amides is 1. The van der Waals surface area contributed by atoms with Crippen molar-refractivity contribution in [2.45, 2.75) is 78.3 Å². The second-order valence-corrected chi connectivity index (χ2v) is 7.79. The number of carbonyl (C=O) groups is 1. The van der Waals surface area contributed by atoms with Gasteiger partial charge < -0.3 is 11.1 Å². The smallest absolute Gasteiger partial charge is 0.220 e. The van der Waals surface area contributed by atoms with Gasteiger partial charge in [0.2, 0.25) is 5.91 Å².